The van der Waals surface area contributed by atoms with Crippen molar-refractivity contribution in [2.75, 3.05) is 20.1 Å². The summed E-state index contributed by atoms with van der Waals surface area (Å²) in [5, 5.41) is 3.49. The van der Waals surface area contributed by atoms with Gasteiger partial charge in [-0.15, -0.1) is 0 Å². The Balaban J connectivity index is 1.83. The molecule has 0 radical (unpaired) electrons. The van der Waals surface area contributed by atoms with Crippen molar-refractivity contribution in [3.8, 4) is 0 Å². The lowest BCUT2D eigenvalue weighted by Crippen LogP contribution is -2.53. The molecular formula is C15H30N2. The van der Waals surface area contributed by atoms with Gasteiger partial charge < -0.3 is 10.2 Å². The van der Waals surface area contributed by atoms with Crippen LogP contribution in [0.1, 0.15) is 58.8 Å². The Labute approximate surface area is 107 Å². The van der Waals surface area contributed by atoms with Crippen LogP contribution >= 0.6 is 0 Å². The molecule has 1 aliphatic carbocycles. The van der Waals surface area contributed by atoms with Crippen molar-refractivity contribution in [1.29, 1.82) is 0 Å². The highest BCUT2D eigenvalue weighted by Crippen LogP contribution is 2.31. The zero-order chi connectivity index (χ0) is 12.3. The van der Waals surface area contributed by atoms with Crippen molar-refractivity contribution in [3.05, 3.63) is 0 Å². The molecule has 0 spiro atoms. The molecule has 1 heterocycles. The van der Waals surface area contributed by atoms with Crippen LogP contribution in [0.4, 0.5) is 0 Å². The van der Waals surface area contributed by atoms with Gasteiger partial charge in [-0.25, -0.2) is 0 Å². The van der Waals surface area contributed by atoms with Gasteiger partial charge in [-0.3, -0.25) is 0 Å². The van der Waals surface area contributed by atoms with Crippen LogP contribution in [0, 0.1) is 5.92 Å². The average Bonchev–Trinajstić information content (AvgIpc) is 2.40. The highest BCUT2D eigenvalue weighted by Gasteiger charge is 2.32. The van der Waals surface area contributed by atoms with Crippen molar-refractivity contribution in [2.45, 2.75) is 70.4 Å². The number of nitrogens with zero attached hydrogens (tertiary/aromatic N) is 1. The van der Waals surface area contributed by atoms with Crippen LogP contribution in [0.5, 0.6) is 0 Å². The summed E-state index contributed by atoms with van der Waals surface area (Å²) in [6, 6.07) is 0.816. The first-order chi connectivity index (χ1) is 8.14. The van der Waals surface area contributed by atoms with Crippen molar-refractivity contribution in [1.82, 2.24) is 10.2 Å². The molecule has 1 unspecified atom stereocenters. The quantitative estimate of drug-likeness (QED) is 0.813. The van der Waals surface area contributed by atoms with Gasteiger partial charge in [-0.2, -0.15) is 0 Å². The molecule has 1 atom stereocenters. The van der Waals surface area contributed by atoms with E-state index in [0.717, 1.165) is 12.0 Å². The second kappa shape index (κ2) is 5.71. The molecule has 0 amide bonds. The number of hydrogen-bond donors (Lipinski definition) is 1. The van der Waals surface area contributed by atoms with Gasteiger partial charge in [0.15, 0.2) is 0 Å². The van der Waals surface area contributed by atoms with E-state index in [1.165, 1.54) is 58.0 Å². The Bertz CT molecular complexity index is 225. The fraction of sp³-hybridized carbons (Fsp3) is 1.00. The van der Waals surface area contributed by atoms with Crippen LogP contribution in [0.25, 0.3) is 0 Å². The lowest BCUT2D eigenvalue weighted by Gasteiger charge is -2.44. The number of likely N-dealkylation sites (tertiary alicyclic amines) is 1. The maximum Gasteiger partial charge on any atom is 0.0174 e. The van der Waals surface area contributed by atoms with Crippen LogP contribution < -0.4 is 5.32 Å². The third-order valence-electron chi connectivity index (χ3n) is 5.41. The molecule has 0 aromatic rings. The van der Waals surface area contributed by atoms with Gasteiger partial charge in [-0.1, -0.05) is 19.3 Å². The maximum absolute atomic E-state index is 3.49. The first kappa shape index (κ1) is 13.4. The highest BCUT2D eigenvalue weighted by molar-refractivity contribution is 4.91. The molecule has 1 aliphatic heterocycles. The summed E-state index contributed by atoms with van der Waals surface area (Å²) in [7, 11) is 2.11. The molecule has 17 heavy (non-hydrogen) atoms. The summed E-state index contributed by atoms with van der Waals surface area (Å²) in [4.78, 5) is 2.75. The Morgan fingerprint density at radius 1 is 1.12 bits per heavy atom. The van der Waals surface area contributed by atoms with Crippen molar-refractivity contribution in [2.24, 2.45) is 5.92 Å². The summed E-state index contributed by atoms with van der Waals surface area (Å²) >= 11 is 0. The third-order valence-corrected chi connectivity index (χ3v) is 5.41. The zero-order valence-electron chi connectivity index (χ0n) is 12.0. The minimum atomic E-state index is 0.392. The highest BCUT2D eigenvalue weighted by atomic mass is 15.2. The monoisotopic (exact) mass is 238 g/mol. The van der Waals surface area contributed by atoms with Gasteiger partial charge in [-0.05, 0) is 52.5 Å². The lowest BCUT2D eigenvalue weighted by molar-refractivity contribution is 0.0757. The second-order valence-electron chi connectivity index (χ2n) is 6.49. The van der Waals surface area contributed by atoms with Gasteiger partial charge in [0, 0.05) is 24.7 Å². The van der Waals surface area contributed by atoms with E-state index in [-0.39, 0.29) is 0 Å². The fourth-order valence-electron chi connectivity index (χ4n) is 3.59. The van der Waals surface area contributed by atoms with Gasteiger partial charge in [0.2, 0.25) is 0 Å². The predicted octanol–water partition coefficient (Wildman–Crippen LogP) is 3.03. The minimum absolute atomic E-state index is 0.392. The van der Waals surface area contributed by atoms with Crippen LogP contribution in [0.2, 0.25) is 0 Å². The van der Waals surface area contributed by atoms with Crippen molar-refractivity contribution < 1.29 is 0 Å². The molecule has 0 aromatic carbocycles. The maximum atomic E-state index is 3.49. The predicted molar refractivity (Wildman–Crippen MR) is 74.3 cm³/mol. The fourth-order valence-corrected chi connectivity index (χ4v) is 3.59. The van der Waals surface area contributed by atoms with Crippen LogP contribution in [-0.2, 0) is 0 Å². The summed E-state index contributed by atoms with van der Waals surface area (Å²) in [5.74, 6) is 0.975. The molecule has 2 nitrogen and oxygen atoms in total. The van der Waals surface area contributed by atoms with E-state index in [4.69, 9.17) is 0 Å². The average molecular weight is 238 g/mol. The van der Waals surface area contributed by atoms with Crippen LogP contribution in [0.3, 0.4) is 0 Å². The first-order valence-corrected chi connectivity index (χ1v) is 7.57. The topological polar surface area (TPSA) is 15.3 Å². The zero-order valence-corrected chi connectivity index (χ0v) is 12.0. The largest absolute Gasteiger partial charge is 0.314 e. The van der Waals surface area contributed by atoms with E-state index in [1.807, 2.05) is 0 Å². The van der Waals surface area contributed by atoms with E-state index in [9.17, 15) is 0 Å². The Morgan fingerprint density at radius 3 is 2.24 bits per heavy atom. The Hall–Kier alpha value is -0.0800. The minimum Gasteiger partial charge on any atom is -0.314 e. The standard InChI is InChI=1S/C15H30N2/c1-13(14-7-5-4-6-8-14)17-11-9-15(2,16-3)10-12-17/h13-14,16H,4-12H2,1-3H3. The molecule has 0 bridgehead atoms. The first-order valence-electron chi connectivity index (χ1n) is 7.57. The molecule has 2 aliphatic rings. The molecule has 100 valence electrons. The van der Waals surface area contributed by atoms with Gasteiger partial charge in [0.1, 0.15) is 0 Å². The number of nitrogens with one attached hydrogen (secondary N) is 1. The molecule has 2 rings (SSSR count). The second-order valence-corrected chi connectivity index (χ2v) is 6.49. The molecule has 1 N–H and O–H groups in total. The smallest absolute Gasteiger partial charge is 0.0174 e. The van der Waals surface area contributed by atoms with E-state index < -0.39 is 0 Å². The van der Waals surface area contributed by atoms with Crippen LogP contribution in [-0.4, -0.2) is 36.6 Å². The van der Waals surface area contributed by atoms with Crippen molar-refractivity contribution >= 4 is 0 Å². The number of rotatable bonds is 3. The van der Waals surface area contributed by atoms with Crippen molar-refractivity contribution in [3.63, 3.8) is 0 Å². The number of hydrogen-bond acceptors (Lipinski definition) is 2. The molecule has 2 heteroatoms. The third kappa shape index (κ3) is 3.23. The van der Waals surface area contributed by atoms with E-state index in [2.05, 4.69) is 31.1 Å². The summed E-state index contributed by atoms with van der Waals surface area (Å²) in [6.07, 6.45) is 9.97. The van der Waals surface area contributed by atoms with E-state index in [1.54, 1.807) is 0 Å². The summed E-state index contributed by atoms with van der Waals surface area (Å²) < 4.78 is 0. The molecule has 2 fully saturated rings. The molecule has 1 saturated heterocycles. The molecule has 0 aromatic heterocycles. The normalized spacial score (nSPS) is 29.1. The van der Waals surface area contributed by atoms with Gasteiger partial charge in [0.05, 0.1) is 0 Å². The Morgan fingerprint density at radius 2 is 1.71 bits per heavy atom. The van der Waals surface area contributed by atoms with E-state index in [0.29, 0.717) is 5.54 Å². The molecular weight excluding hydrogens is 208 g/mol. The molecule has 1 saturated carbocycles. The van der Waals surface area contributed by atoms with Gasteiger partial charge >= 0.3 is 0 Å². The lowest BCUT2D eigenvalue weighted by atomic mass is 9.82. The van der Waals surface area contributed by atoms with Crippen LogP contribution in [0.15, 0.2) is 0 Å². The summed E-state index contributed by atoms with van der Waals surface area (Å²) in [5.41, 5.74) is 0.392. The Kier molecular flexibility index (Phi) is 4.48. The summed E-state index contributed by atoms with van der Waals surface area (Å²) in [6.45, 7) is 7.41. The number of piperidine rings is 1. The van der Waals surface area contributed by atoms with Gasteiger partial charge in [0.25, 0.3) is 0 Å². The van der Waals surface area contributed by atoms with E-state index >= 15 is 0 Å². The SMILES string of the molecule is CNC1(C)CCN(C(C)C2CCCCC2)CC1.